The first-order chi connectivity index (χ1) is 25.4. The molecule has 0 aromatic heterocycles. The van der Waals surface area contributed by atoms with Gasteiger partial charge in [0.2, 0.25) is 22.7 Å². The third kappa shape index (κ3) is 11.0. The van der Waals surface area contributed by atoms with E-state index >= 15 is 0 Å². The zero-order valence-electron chi connectivity index (χ0n) is 31.6. The van der Waals surface area contributed by atoms with E-state index in [0.717, 1.165) is 14.9 Å². The summed E-state index contributed by atoms with van der Waals surface area (Å²) in [5, 5.41) is 15.8. The zero-order chi connectivity index (χ0) is 39.3. The molecule has 5 rings (SSSR count). The van der Waals surface area contributed by atoms with Crippen LogP contribution in [0.15, 0.2) is 53.4 Å². The number of carbonyl (C=O) groups is 3. The van der Waals surface area contributed by atoms with E-state index < -0.39 is 70.2 Å². The Labute approximate surface area is 316 Å². The number of amides is 3. The van der Waals surface area contributed by atoms with Crippen LogP contribution < -0.4 is 20.2 Å². The molecule has 3 aliphatic heterocycles. The molecule has 2 aromatic rings. The van der Waals surface area contributed by atoms with Crippen molar-refractivity contribution in [1.29, 1.82) is 0 Å². The highest BCUT2D eigenvalue weighted by Gasteiger charge is 2.44. The van der Waals surface area contributed by atoms with Crippen molar-refractivity contribution in [2.45, 2.75) is 95.8 Å². The van der Waals surface area contributed by atoms with Crippen molar-refractivity contribution in [1.82, 2.24) is 20.1 Å². The molecule has 0 saturated carbocycles. The summed E-state index contributed by atoms with van der Waals surface area (Å²) in [5.41, 5.74) is 1.64. The highest BCUT2D eigenvalue weighted by Crippen LogP contribution is 2.36. The molecular formula is C37H52N4O12S. The van der Waals surface area contributed by atoms with E-state index in [9.17, 15) is 27.9 Å². The first kappa shape index (κ1) is 41.0. The van der Waals surface area contributed by atoms with Gasteiger partial charge in [0.05, 0.1) is 36.2 Å². The van der Waals surface area contributed by atoms with E-state index in [1.807, 2.05) is 44.2 Å². The smallest absolute Gasteiger partial charge is 0.426 e. The molecule has 17 heteroatoms. The lowest BCUT2D eigenvalue weighted by molar-refractivity contribution is -0.132. The lowest BCUT2D eigenvalue weighted by Gasteiger charge is -2.36. The first-order valence-electron chi connectivity index (χ1n) is 18.0. The molecule has 0 aliphatic carbocycles. The molecule has 3 aliphatic rings. The number of nitrogens with zero attached hydrogens (tertiary/aromatic N) is 2. The van der Waals surface area contributed by atoms with Crippen LogP contribution in [0.5, 0.6) is 11.5 Å². The SMILES string of the molecule is CC(=O)N(CCC(C)(C)CN(C[C@@H](O)[C@H](Cc1ccccc1)NC(=O)OC1COC2OCCC12)S(=O)(=O)c1ccc2c(c1)OCO2)NC(=O)OC(C)(C)C. The predicted molar refractivity (Wildman–Crippen MR) is 194 cm³/mol. The third-order valence-electron chi connectivity index (χ3n) is 9.30. The Kier molecular flexibility index (Phi) is 13.0. The van der Waals surface area contributed by atoms with Crippen LogP contribution in [0.2, 0.25) is 0 Å². The third-order valence-corrected chi connectivity index (χ3v) is 11.1. The minimum absolute atomic E-state index is 0.0316. The topological polar surface area (TPSA) is 191 Å². The van der Waals surface area contributed by atoms with Crippen molar-refractivity contribution in [2.75, 3.05) is 39.6 Å². The summed E-state index contributed by atoms with van der Waals surface area (Å²) in [4.78, 5) is 38.2. The van der Waals surface area contributed by atoms with Crippen molar-refractivity contribution in [3.63, 3.8) is 0 Å². The highest BCUT2D eigenvalue weighted by molar-refractivity contribution is 7.89. The maximum Gasteiger partial charge on any atom is 0.426 e. The number of sulfonamides is 1. The molecule has 3 heterocycles. The van der Waals surface area contributed by atoms with Crippen molar-refractivity contribution in [3.05, 3.63) is 54.1 Å². The van der Waals surface area contributed by atoms with E-state index in [2.05, 4.69) is 10.7 Å². The van der Waals surface area contributed by atoms with Crippen LogP contribution in [0.25, 0.3) is 0 Å². The second-order valence-corrected chi connectivity index (χ2v) is 17.4. The molecule has 2 aromatic carbocycles. The number of aliphatic hydroxyl groups is 1. The van der Waals surface area contributed by atoms with Crippen molar-refractivity contribution in [3.8, 4) is 11.5 Å². The molecule has 3 unspecified atom stereocenters. The van der Waals surface area contributed by atoms with Gasteiger partial charge in [0.1, 0.15) is 11.7 Å². The fraction of sp³-hybridized carbons (Fsp3) is 0.595. The Hall–Kier alpha value is -4.16. The van der Waals surface area contributed by atoms with Gasteiger partial charge in [-0.3, -0.25) is 9.80 Å². The standard InChI is InChI=1S/C37H52N4O12S/c1-24(42)41(39-35(45)53-36(2,3)4)16-15-37(5,6)22-40(54(46,47)26-12-13-30-31(19-26)51-23-50-30)20-29(43)28(18-25-10-8-7-9-11-25)38-34(44)52-32-21-49-33-27(32)14-17-48-33/h7-13,19,27-29,32-33,43H,14-18,20-23H2,1-6H3,(H,38,44)(H,39,45)/t27?,28-,29+,32?,33?/m0/s1. The predicted octanol–water partition coefficient (Wildman–Crippen LogP) is 3.57. The number of carbonyl (C=O) groups excluding carboxylic acids is 3. The molecule has 2 saturated heterocycles. The second kappa shape index (κ2) is 17.1. The fourth-order valence-corrected chi connectivity index (χ4v) is 8.13. The summed E-state index contributed by atoms with van der Waals surface area (Å²) in [5.74, 6) is 0.115. The summed E-state index contributed by atoms with van der Waals surface area (Å²) in [6, 6.07) is 12.5. The average Bonchev–Trinajstić information content (AvgIpc) is 3.84. The molecule has 3 amide bonds. The monoisotopic (exact) mass is 776 g/mol. The maximum absolute atomic E-state index is 14.5. The van der Waals surface area contributed by atoms with Gasteiger partial charge in [-0.05, 0) is 63.1 Å². The first-order valence-corrected chi connectivity index (χ1v) is 19.4. The molecule has 16 nitrogen and oxygen atoms in total. The molecule has 0 spiro atoms. The van der Waals surface area contributed by atoms with Crippen molar-refractivity contribution >= 4 is 28.1 Å². The number of alkyl carbamates (subject to hydrolysis) is 1. The van der Waals surface area contributed by atoms with Gasteiger partial charge in [-0.2, -0.15) is 4.31 Å². The average molecular weight is 777 g/mol. The summed E-state index contributed by atoms with van der Waals surface area (Å²) >= 11 is 0. The van der Waals surface area contributed by atoms with Crippen LogP contribution >= 0.6 is 0 Å². The number of hydrogen-bond acceptors (Lipinski definition) is 12. The van der Waals surface area contributed by atoms with Gasteiger partial charge in [-0.1, -0.05) is 44.2 Å². The van der Waals surface area contributed by atoms with Gasteiger partial charge in [-0.25, -0.2) is 23.4 Å². The maximum atomic E-state index is 14.5. The number of aliphatic hydroxyl groups excluding tert-OH is 1. The minimum atomic E-state index is -4.32. The fourth-order valence-electron chi connectivity index (χ4n) is 6.47. The lowest BCUT2D eigenvalue weighted by atomic mass is 9.89. The van der Waals surface area contributed by atoms with Crippen LogP contribution in [0.1, 0.15) is 59.9 Å². The van der Waals surface area contributed by atoms with E-state index in [1.165, 1.54) is 25.1 Å². The molecule has 298 valence electrons. The Morgan fingerprint density at radius 1 is 1.00 bits per heavy atom. The quantitative estimate of drug-likeness (QED) is 0.237. The Morgan fingerprint density at radius 2 is 1.72 bits per heavy atom. The number of hydrogen-bond donors (Lipinski definition) is 3. The number of fused-ring (bicyclic) bond motifs is 2. The van der Waals surface area contributed by atoms with Gasteiger partial charge in [0, 0.05) is 32.6 Å². The highest BCUT2D eigenvalue weighted by atomic mass is 32.2. The second-order valence-electron chi connectivity index (χ2n) is 15.5. The molecular weight excluding hydrogens is 724 g/mol. The Bertz CT molecular complexity index is 1740. The zero-order valence-corrected chi connectivity index (χ0v) is 32.4. The largest absolute Gasteiger partial charge is 0.454 e. The number of nitrogens with one attached hydrogen (secondary N) is 2. The van der Waals surface area contributed by atoms with Crippen LogP contribution in [0.3, 0.4) is 0 Å². The normalized spacial score (nSPS) is 20.6. The molecule has 0 bridgehead atoms. The minimum Gasteiger partial charge on any atom is -0.454 e. The lowest BCUT2D eigenvalue weighted by Crippen LogP contribution is -2.53. The summed E-state index contributed by atoms with van der Waals surface area (Å²) in [7, 11) is -4.32. The van der Waals surface area contributed by atoms with E-state index in [-0.39, 0.29) is 55.9 Å². The van der Waals surface area contributed by atoms with Crippen LogP contribution in [0, 0.1) is 11.3 Å². The summed E-state index contributed by atoms with van der Waals surface area (Å²) in [6.07, 6.45) is -2.87. The van der Waals surface area contributed by atoms with Crippen molar-refractivity contribution in [2.24, 2.45) is 11.3 Å². The van der Waals surface area contributed by atoms with Gasteiger partial charge in [0.15, 0.2) is 17.8 Å². The van der Waals surface area contributed by atoms with Gasteiger partial charge >= 0.3 is 12.2 Å². The van der Waals surface area contributed by atoms with Crippen LogP contribution in [0.4, 0.5) is 9.59 Å². The van der Waals surface area contributed by atoms with Gasteiger partial charge < -0.3 is 38.8 Å². The van der Waals surface area contributed by atoms with Crippen LogP contribution in [-0.4, -0.2) is 111 Å². The number of hydrazine groups is 1. The van der Waals surface area contributed by atoms with E-state index in [0.29, 0.717) is 18.8 Å². The van der Waals surface area contributed by atoms with Crippen LogP contribution in [-0.2, 0) is 40.2 Å². The van der Waals surface area contributed by atoms with Gasteiger partial charge in [-0.15, -0.1) is 0 Å². The Morgan fingerprint density at radius 3 is 2.43 bits per heavy atom. The van der Waals surface area contributed by atoms with E-state index in [4.69, 9.17) is 28.4 Å². The van der Waals surface area contributed by atoms with Crippen molar-refractivity contribution < 1.29 is 56.3 Å². The Balaban J connectivity index is 1.37. The summed E-state index contributed by atoms with van der Waals surface area (Å²) < 4.78 is 63.1. The molecule has 3 N–H and O–H groups in total. The number of benzene rings is 2. The summed E-state index contributed by atoms with van der Waals surface area (Å²) in [6.45, 7) is 10.1. The van der Waals surface area contributed by atoms with E-state index in [1.54, 1.807) is 20.8 Å². The van der Waals surface area contributed by atoms with Gasteiger partial charge in [0.25, 0.3) is 0 Å². The molecule has 54 heavy (non-hydrogen) atoms. The number of ether oxygens (including phenoxy) is 6. The molecule has 2 fully saturated rings. The number of rotatable bonds is 14. The molecule has 5 atom stereocenters. The molecule has 0 radical (unpaired) electrons.